The maximum Gasteiger partial charge on any atom is 0.255 e. The van der Waals surface area contributed by atoms with Crippen LogP contribution in [0, 0.1) is 0 Å². The normalized spacial score (nSPS) is 13.9. The molecular formula is C20H24BrN3O2. The minimum atomic E-state index is -0.0237. The lowest BCUT2D eigenvalue weighted by atomic mass is 10.1. The maximum atomic E-state index is 12.9. The van der Waals surface area contributed by atoms with Crippen molar-refractivity contribution in [3.8, 4) is 5.75 Å². The second kappa shape index (κ2) is 8.64. The molecule has 0 saturated heterocycles. The number of fused-ring (bicyclic) bond motifs is 1. The molecule has 2 heterocycles. The van der Waals surface area contributed by atoms with Crippen LogP contribution in [-0.2, 0) is 13.1 Å². The predicted octanol–water partition coefficient (Wildman–Crippen LogP) is 3.72. The summed E-state index contributed by atoms with van der Waals surface area (Å²) in [5.41, 5.74) is 2.89. The largest absolute Gasteiger partial charge is 0.491 e. The van der Waals surface area contributed by atoms with E-state index in [0.29, 0.717) is 25.3 Å². The van der Waals surface area contributed by atoms with Gasteiger partial charge in [-0.1, -0.05) is 19.9 Å². The minimum absolute atomic E-state index is 0.0237. The Morgan fingerprint density at radius 2 is 2.08 bits per heavy atom. The Morgan fingerprint density at radius 3 is 2.81 bits per heavy atom. The van der Waals surface area contributed by atoms with E-state index in [1.165, 1.54) is 5.56 Å². The van der Waals surface area contributed by atoms with Gasteiger partial charge in [-0.25, -0.2) is 0 Å². The first kappa shape index (κ1) is 18.9. The SMILES string of the molecule is CCN(CC)Cc1ccc2c(c1)CN(C(=O)c1cncc(Br)c1)CCO2. The number of benzene rings is 1. The van der Waals surface area contributed by atoms with Gasteiger partial charge in [-0.3, -0.25) is 14.7 Å². The molecular weight excluding hydrogens is 394 g/mol. The topological polar surface area (TPSA) is 45.7 Å². The molecule has 0 spiro atoms. The number of carbonyl (C=O) groups is 1. The Bertz CT molecular complexity index is 777. The van der Waals surface area contributed by atoms with Crippen LogP contribution in [0.3, 0.4) is 0 Å². The van der Waals surface area contributed by atoms with Crippen LogP contribution in [0.4, 0.5) is 0 Å². The molecule has 3 rings (SSSR count). The summed E-state index contributed by atoms with van der Waals surface area (Å²) < 4.78 is 6.67. The van der Waals surface area contributed by atoms with Crippen molar-refractivity contribution in [2.75, 3.05) is 26.2 Å². The third-order valence-electron chi connectivity index (χ3n) is 4.64. The highest BCUT2D eigenvalue weighted by atomic mass is 79.9. The van der Waals surface area contributed by atoms with E-state index in [9.17, 15) is 4.79 Å². The molecule has 0 N–H and O–H groups in total. The van der Waals surface area contributed by atoms with Crippen molar-refractivity contribution in [3.05, 3.63) is 57.8 Å². The Morgan fingerprint density at radius 1 is 1.27 bits per heavy atom. The average Bonchev–Trinajstić information content (AvgIpc) is 2.87. The van der Waals surface area contributed by atoms with Gasteiger partial charge >= 0.3 is 0 Å². The number of aromatic nitrogens is 1. The standard InChI is InChI=1S/C20H24BrN3O2/c1-3-23(4-2)13-15-5-6-19-17(9-15)14-24(7-8-26-19)20(25)16-10-18(21)12-22-11-16/h5-6,9-12H,3-4,7-8,13-14H2,1-2H3. The third-order valence-corrected chi connectivity index (χ3v) is 5.08. The van der Waals surface area contributed by atoms with Crippen LogP contribution in [0.15, 0.2) is 41.1 Å². The van der Waals surface area contributed by atoms with Gasteiger partial charge in [-0.05, 0) is 52.8 Å². The Kier molecular flexibility index (Phi) is 6.27. The van der Waals surface area contributed by atoms with Crippen molar-refractivity contribution < 1.29 is 9.53 Å². The molecule has 1 aliphatic heterocycles. The second-order valence-electron chi connectivity index (χ2n) is 6.37. The van der Waals surface area contributed by atoms with Crippen LogP contribution in [0.2, 0.25) is 0 Å². The summed E-state index contributed by atoms with van der Waals surface area (Å²) in [5.74, 6) is 0.848. The molecule has 1 aromatic carbocycles. The summed E-state index contributed by atoms with van der Waals surface area (Å²) in [5, 5.41) is 0. The fourth-order valence-electron chi connectivity index (χ4n) is 3.14. The molecule has 0 radical (unpaired) electrons. The van der Waals surface area contributed by atoms with Crippen molar-refractivity contribution in [2.24, 2.45) is 0 Å². The zero-order valence-electron chi connectivity index (χ0n) is 15.2. The summed E-state index contributed by atoms with van der Waals surface area (Å²) in [6.07, 6.45) is 3.29. The van der Waals surface area contributed by atoms with Gasteiger partial charge in [-0.15, -0.1) is 0 Å². The van der Waals surface area contributed by atoms with E-state index in [1.807, 2.05) is 11.0 Å². The highest BCUT2D eigenvalue weighted by Gasteiger charge is 2.22. The number of hydrogen-bond donors (Lipinski definition) is 0. The van der Waals surface area contributed by atoms with Crippen LogP contribution >= 0.6 is 15.9 Å². The minimum Gasteiger partial charge on any atom is -0.491 e. The molecule has 26 heavy (non-hydrogen) atoms. The van der Waals surface area contributed by atoms with Crippen LogP contribution in [0.25, 0.3) is 0 Å². The van der Waals surface area contributed by atoms with Gasteiger partial charge in [0.15, 0.2) is 0 Å². The first-order valence-corrected chi connectivity index (χ1v) is 9.76. The lowest BCUT2D eigenvalue weighted by molar-refractivity contribution is 0.0732. The monoisotopic (exact) mass is 417 g/mol. The van der Waals surface area contributed by atoms with Crippen LogP contribution in [0.5, 0.6) is 5.75 Å². The summed E-state index contributed by atoms with van der Waals surface area (Å²) >= 11 is 3.38. The Labute approximate surface area is 163 Å². The lowest BCUT2D eigenvalue weighted by Crippen LogP contribution is -2.32. The van der Waals surface area contributed by atoms with Crippen molar-refractivity contribution in [1.29, 1.82) is 0 Å². The summed E-state index contributed by atoms with van der Waals surface area (Å²) in [6.45, 7) is 8.89. The average molecular weight is 418 g/mol. The molecule has 1 amide bonds. The number of nitrogens with zero attached hydrogens (tertiary/aromatic N) is 3. The third kappa shape index (κ3) is 4.43. The molecule has 5 nitrogen and oxygen atoms in total. The Balaban J connectivity index is 1.81. The highest BCUT2D eigenvalue weighted by Crippen LogP contribution is 2.26. The molecule has 0 unspecified atom stereocenters. The van der Waals surface area contributed by atoms with Crippen LogP contribution in [0.1, 0.15) is 35.3 Å². The smallest absolute Gasteiger partial charge is 0.255 e. The van der Waals surface area contributed by atoms with Gasteiger partial charge in [0.25, 0.3) is 5.91 Å². The van der Waals surface area contributed by atoms with Crippen molar-refractivity contribution in [1.82, 2.24) is 14.8 Å². The maximum absolute atomic E-state index is 12.9. The number of rotatable bonds is 5. The zero-order valence-corrected chi connectivity index (χ0v) is 16.8. The number of pyridine rings is 1. The van der Waals surface area contributed by atoms with Crippen molar-refractivity contribution >= 4 is 21.8 Å². The number of carbonyl (C=O) groups excluding carboxylic acids is 1. The van der Waals surface area contributed by atoms with E-state index in [-0.39, 0.29) is 5.91 Å². The molecule has 6 heteroatoms. The second-order valence-corrected chi connectivity index (χ2v) is 7.29. The van der Waals surface area contributed by atoms with Gasteiger partial charge in [0.1, 0.15) is 12.4 Å². The number of amides is 1. The van der Waals surface area contributed by atoms with Crippen molar-refractivity contribution in [2.45, 2.75) is 26.9 Å². The molecule has 0 fully saturated rings. The first-order chi connectivity index (χ1) is 12.6. The lowest BCUT2D eigenvalue weighted by Gasteiger charge is -2.21. The molecule has 2 aromatic rings. The Hall–Kier alpha value is -1.92. The summed E-state index contributed by atoms with van der Waals surface area (Å²) in [4.78, 5) is 21.2. The molecule has 0 saturated carbocycles. The van der Waals surface area contributed by atoms with Crippen LogP contribution in [-0.4, -0.2) is 46.9 Å². The molecule has 0 bridgehead atoms. The molecule has 138 valence electrons. The predicted molar refractivity (Wildman–Crippen MR) is 105 cm³/mol. The van der Waals surface area contributed by atoms with E-state index in [1.54, 1.807) is 18.5 Å². The van der Waals surface area contributed by atoms with E-state index in [0.717, 1.165) is 35.4 Å². The van der Waals surface area contributed by atoms with Gasteiger partial charge in [0, 0.05) is 35.5 Å². The van der Waals surface area contributed by atoms with Gasteiger partial charge in [-0.2, -0.15) is 0 Å². The van der Waals surface area contributed by atoms with E-state index in [2.05, 4.69) is 51.8 Å². The fourth-order valence-corrected chi connectivity index (χ4v) is 3.50. The fraction of sp³-hybridized carbons (Fsp3) is 0.400. The van der Waals surface area contributed by atoms with Crippen molar-refractivity contribution in [3.63, 3.8) is 0 Å². The van der Waals surface area contributed by atoms with E-state index in [4.69, 9.17) is 4.74 Å². The summed E-state index contributed by atoms with van der Waals surface area (Å²) in [7, 11) is 0. The number of halogens is 1. The van der Waals surface area contributed by atoms with Crippen LogP contribution < -0.4 is 4.74 Å². The molecule has 1 aliphatic rings. The van der Waals surface area contributed by atoms with E-state index < -0.39 is 0 Å². The zero-order chi connectivity index (χ0) is 18.5. The highest BCUT2D eigenvalue weighted by molar-refractivity contribution is 9.10. The van der Waals surface area contributed by atoms with E-state index >= 15 is 0 Å². The molecule has 0 atom stereocenters. The van der Waals surface area contributed by atoms with Gasteiger partial charge < -0.3 is 9.64 Å². The summed E-state index contributed by atoms with van der Waals surface area (Å²) in [6, 6.07) is 8.12. The quantitative estimate of drug-likeness (QED) is 0.743. The number of hydrogen-bond acceptors (Lipinski definition) is 4. The molecule has 0 aliphatic carbocycles. The number of ether oxygens (including phenoxy) is 1. The van der Waals surface area contributed by atoms with Gasteiger partial charge in [0.05, 0.1) is 12.1 Å². The molecule has 1 aromatic heterocycles. The van der Waals surface area contributed by atoms with Gasteiger partial charge in [0.2, 0.25) is 0 Å². The first-order valence-electron chi connectivity index (χ1n) is 8.97.